The Morgan fingerprint density at radius 3 is 2.63 bits per heavy atom. The minimum absolute atomic E-state index is 0.154. The van der Waals surface area contributed by atoms with Crippen molar-refractivity contribution in [2.24, 2.45) is 0 Å². The second kappa shape index (κ2) is 7.03. The molecule has 0 N–H and O–H groups in total. The Hall–Kier alpha value is -2.29. The van der Waals surface area contributed by atoms with Gasteiger partial charge in [0.15, 0.2) is 0 Å². The summed E-state index contributed by atoms with van der Waals surface area (Å²) >= 11 is 0. The number of carbonyl (C=O) groups excluding carboxylic acids is 1. The van der Waals surface area contributed by atoms with Gasteiger partial charge >= 0.3 is 6.09 Å². The summed E-state index contributed by atoms with van der Waals surface area (Å²) in [6.07, 6.45) is 7.41. The standard InChI is InChI=1S/C24H29NO2/c1-24(2,3)27-23(26)25-21-9-6-10-22(25)16-18(15-21)13-17-11-12-19-7-4-5-8-20(19)14-17/h4-5,7-8,11-12,14-15,21-22H,6,9-10,13,16H2,1-3H3. The van der Waals surface area contributed by atoms with Crippen LogP contribution in [-0.4, -0.2) is 28.7 Å². The van der Waals surface area contributed by atoms with Crippen molar-refractivity contribution in [3.63, 3.8) is 0 Å². The van der Waals surface area contributed by atoms with Crippen LogP contribution in [-0.2, 0) is 11.2 Å². The first-order chi connectivity index (χ1) is 12.9. The number of benzene rings is 2. The molecule has 1 saturated heterocycles. The SMILES string of the molecule is CC(C)(C)OC(=O)N1C2C=C(Cc3ccc4ccccc4c3)CC1CCC2. The van der Waals surface area contributed by atoms with Gasteiger partial charge in [-0.15, -0.1) is 0 Å². The van der Waals surface area contributed by atoms with Crippen LogP contribution < -0.4 is 0 Å². The highest BCUT2D eigenvalue weighted by atomic mass is 16.6. The van der Waals surface area contributed by atoms with Gasteiger partial charge < -0.3 is 4.74 Å². The van der Waals surface area contributed by atoms with Crippen LogP contribution in [0.2, 0.25) is 0 Å². The maximum atomic E-state index is 12.7. The third kappa shape index (κ3) is 4.02. The van der Waals surface area contributed by atoms with Gasteiger partial charge in [0, 0.05) is 6.04 Å². The van der Waals surface area contributed by atoms with E-state index >= 15 is 0 Å². The second-order valence-corrected chi connectivity index (χ2v) is 8.93. The monoisotopic (exact) mass is 363 g/mol. The number of amides is 1. The molecule has 2 aromatic rings. The summed E-state index contributed by atoms with van der Waals surface area (Å²) in [5.41, 5.74) is 2.36. The molecule has 27 heavy (non-hydrogen) atoms. The molecule has 0 aliphatic carbocycles. The molecule has 142 valence electrons. The van der Waals surface area contributed by atoms with Gasteiger partial charge in [-0.2, -0.15) is 0 Å². The van der Waals surface area contributed by atoms with Gasteiger partial charge in [-0.1, -0.05) is 54.1 Å². The number of piperidine rings is 1. The number of nitrogens with zero attached hydrogens (tertiary/aromatic N) is 1. The number of hydrogen-bond acceptors (Lipinski definition) is 2. The number of hydrogen-bond donors (Lipinski definition) is 0. The quantitative estimate of drug-likeness (QED) is 0.624. The fourth-order valence-electron chi connectivity index (χ4n) is 4.46. The third-order valence-corrected chi connectivity index (χ3v) is 5.56. The zero-order valence-corrected chi connectivity index (χ0v) is 16.6. The number of ether oxygens (including phenoxy) is 1. The maximum absolute atomic E-state index is 12.7. The van der Waals surface area contributed by atoms with Crippen LogP contribution in [0, 0.1) is 0 Å². The summed E-state index contributed by atoms with van der Waals surface area (Å²) in [6, 6.07) is 15.7. The van der Waals surface area contributed by atoms with Gasteiger partial charge in [0.1, 0.15) is 5.60 Å². The average Bonchev–Trinajstić information content (AvgIpc) is 2.59. The van der Waals surface area contributed by atoms with Crippen molar-refractivity contribution in [1.82, 2.24) is 4.90 Å². The summed E-state index contributed by atoms with van der Waals surface area (Å²) < 4.78 is 5.67. The molecule has 2 aromatic carbocycles. The molecule has 1 amide bonds. The first kappa shape index (κ1) is 18.1. The van der Waals surface area contributed by atoms with E-state index in [0.29, 0.717) is 0 Å². The van der Waals surface area contributed by atoms with Crippen LogP contribution in [0.25, 0.3) is 10.8 Å². The van der Waals surface area contributed by atoms with E-state index in [0.717, 1.165) is 25.7 Å². The first-order valence-electron chi connectivity index (χ1n) is 10.1. The van der Waals surface area contributed by atoms with Crippen LogP contribution in [0.4, 0.5) is 4.79 Å². The van der Waals surface area contributed by atoms with Gasteiger partial charge in [-0.25, -0.2) is 4.79 Å². The molecule has 2 bridgehead atoms. The Balaban J connectivity index is 1.53. The molecule has 2 aliphatic heterocycles. The van der Waals surface area contributed by atoms with Gasteiger partial charge in [-0.05, 0) is 69.2 Å². The molecule has 3 nitrogen and oxygen atoms in total. The third-order valence-electron chi connectivity index (χ3n) is 5.56. The van der Waals surface area contributed by atoms with E-state index in [-0.39, 0.29) is 18.2 Å². The minimum atomic E-state index is -0.444. The number of carbonyl (C=O) groups is 1. The van der Waals surface area contributed by atoms with Crippen molar-refractivity contribution in [3.8, 4) is 0 Å². The highest BCUT2D eigenvalue weighted by Gasteiger charge is 2.39. The molecular weight excluding hydrogens is 334 g/mol. The zero-order chi connectivity index (χ0) is 19.0. The van der Waals surface area contributed by atoms with E-state index in [2.05, 4.69) is 48.5 Å². The summed E-state index contributed by atoms with van der Waals surface area (Å²) in [7, 11) is 0. The lowest BCUT2D eigenvalue weighted by atomic mass is 9.83. The van der Waals surface area contributed by atoms with Gasteiger partial charge in [0.05, 0.1) is 6.04 Å². The molecule has 0 spiro atoms. The van der Waals surface area contributed by atoms with Crippen LogP contribution in [0.15, 0.2) is 54.1 Å². The Morgan fingerprint density at radius 1 is 1.11 bits per heavy atom. The molecule has 0 radical (unpaired) electrons. The summed E-state index contributed by atoms with van der Waals surface area (Å²) in [5.74, 6) is 0. The van der Waals surface area contributed by atoms with Crippen molar-refractivity contribution < 1.29 is 9.53 Å². The molecular formula is C24H29NO2. The Bertz CT molecular complexity index is 877. The van der Waals surface area contributed by atoms with E-state index in [1.807, 2.05) is 25.7 Å². The van der Waals surface area contributed by atoms with Crippen molar-refractivity contribution >= 4 is 16.9 Å². The molecule has 2 atom stereocenters. The maximum Gasteiger partial charge on any atom is 0.411 e. The van der Waals surface area contributed by atoms with Crippen molar-refractivity contribution in [2.45, 2.75) is 70.6 Å². The van der Waals surface area contributed by atoms with Crippen molar-refractivity contribution in [1.29, 1.82) is 0 Å². The Labute approximate surface area is 162 Å². The minimum Gasteiger partial charge on any atom is -0.444 e. The summed E-state index contributed by atoms with van der Waals surface area (Å²) in [6.45, 7) is 5.81. The van der Waals surface area contributed by atoms with E-state index < -0.39 is 5.60 Å². The molecule has 1 fully saturated rings. The van der Waals surface area contributed by atoms with E-state index in [9.17, 15) is 4.79 Å². The van der Waals surface area contributed by atoms with E-state index in [4.69, 9.17) is 4.74 Å². The largest absolute Gasteiger partial charge is 0.444 e. The van der Waals surface area contributed by atoms with Crippen LogP contribution in [0.5, 0.6) is 0 Å². The van der Waals surface area contributed by atoms with Crippen LogP contribution >= 0.6 is 0 Å². The summed E-state index contributed by atoms with van der Waals surface area (Å²) in [4.78, 5) is 14.7. The Kier molecular flexibility index (Phi) is 4.71. The van der Waals surface area contributed by atoms with Gasteiger partial charge in [0.2, 0.25) is 0 Å². The van der Waals surface area contributed by atoms with Crippen LogP contribution in [0.1, 0.15) is 52.0 Å². The predicted molar refractivity (Wildman–Crippen MR) is 110 cm³/mol. The fourth-order valence-corrected chi connectivity index (χ4v) is 4.46. The zero-order valence-electron chi connectivity index (χ0n) is 16.6. The number of rotatable bonds is 2. The topological polar surface area (TPSA) is 29.5 Å². The van der Waals surface area contributed by atoms with Gasteiger partial charge in [-0.3, -0.25) is 4.90 Å². The lowest BCUT2D eigenvalue weighted by Gasteiger charge is -2.45. The predicted octanol–water partition coefficient (Wildman–Crippen LogP) is 5.87. The van der Waals surface area contributed by atoms with Crippen LogP contribution in [0.3, 0.4) is 0 Å². The fraction of sp³-hybridized carbons (Fsp3) is 0.458. The molecule has 4 rings (SSSR count). The van der Waals surface area contributed by atoms with Crippen molar-refractivity contribution in [2.75, 3.05) is 0 Å². The Morgan fingerprint density at radius 2 is 1.89 bits per heavy atom. The normalized spacial score (nSPS) is 22.5. The first-order valence-corrected chi connectivity index (χ1v) is 10.1. The molecule has 2 heterocycles. The lowest BCUT2D eigenvalue weighted by Crippen LogP contribution is -2.53. The molecule has 2 aliphatic rings. The highest BCUT2D eigenvalue weighted by molar-refractivity contribution is 5.83. The molecule has 2 unspecified atom stereocenters. The van der Waals surface area contributed by atoms with Crippen molar-refractivity contribution in [3.05, 3.63) is 59.7 Å². The molecule has 0 saturated carbocycles. The summed E-state index contributed by atoms with van der Waals surface area (Å²) in [5, 5.41) is 2.58. The van der Waals surface area contributed by atoms with Gasteiger partial charge in [0.25, 0.3) is 0 Å². The second-order valence-electron chi connectivity index (χ2n) is 8.93. The highest BCUT2D eigenvalue weighted by Crippen LogP contribution is 2.35. The smallest absolute Gasteiger partial charge is 0.411 e. The van der Waals surface area contributed by atoms with E-state index in [1.165, 1.54) is 28.3 Å². The lowest BCUT2D eigenvalue weighted by molar-refractivity contribution is -0.00149. The number of fused-ring (bicyclic) bond motifs is 3. The molecule has 0 aromatic heterocycles. The molecule has 3 heteroatoms. The average molecular weight is 364 g/mol. The van der Waals surface area contributed by atoms with E-state index in [1.54, 1.807) is 0 Å².